The first-order valence-electron chi connectivity index (χ1n) is 8.72. The SMILES string of the molecule is CCCCC(=O)c1ccc2c(c1)c(C1CCN(C)CC1)cn2N. The van der Waals surface area contributed by atoms with E-state index in [-0.39, 0.29) is 5.78 Å². The number of rotatable bonds is 5. The van der Waals surface area contributed by atoms with E-state index >= 15 is 0 Å². The Bertz CT molecular complexity index is 696. The van der Waals surface area contributed by atoms with E-state index < -0.39 is 0 Å². The second-order valence-electron chi connectivity index (χ2n) is 6.83. The Kier molecular flexibility index (Phi) is 4.71. The first-order valence-corrected chi connectivity index (χ1v) is 8.72. The molecule has 23 heavy (non-hydrogen) atoms. The van der Waals surface area contributed by atoms with Crippen LogP contribution in [0.15, 0.2) is 24.4 Å². The topological polar surface area (TPSA) is 51.3 Å². The standard InChI is InChI=1S/C19H27N3O/c1-3-4-5-19(23)15-6-7-18-16(12-15)17(13-22(18)20)14-8-10-21(2)11-9-14/h6-7,12-14H,3-5,8-11,20H2,1-2H3. The molecule has 4 heteroatoms. The number of benzene rings is 1. The third-order valence-electron chi connectivity index (χ3n) is 5.10. The molecule has 2 heterocycles. The molecular weight excluding hydrogens is 286 g/mol. The summed E-state index contributed by atoms with van der Waals surface area (Å²) in [6, 6.07) is 5.97. The maximum absolute atomic E-state index is 12.3. The average Bonchev–Trinajstić information content (AvgIpc) is 2.90. The number of aromatic nitrogens is 1. The summed E-state index contributed by atoms with van der Waals surface area (Å²) in [6.07, 6.45) is 7.01. The lowest BCUT2D eigenvalue weighted by atomic mass is 9.89. The van der Waals surface area contributed by atoms with E-state index in [1.807, 2.05) is 12.1 Å². The van der Waals surface area contributed by atoms with Crippen LogP contribution < -0.4 is 5.84 Å². The highest BCUT2D eigenvalue weighted by Crippen LogP contribution is 2.34. The van der Waals surface area contributed by atoms with E-state index in [4.69, 9.17) is 5.84 Å². The van der Waals surface area contributed by atoms with Gasteiger partial charge >= 0.3 is 0 Å². The molecule has 3 rings (SSSR count). The first-order chi connectivity index (χ1) is 11.1. The normalized spacial score (nSPS) is 17.0. The number of fused-ring (bicyclic) bond motifs is 1. The highest BCUT2D eigenvalue weighted by molar-refractivity contribution is 6.00. The zero-order valence-electron chi connectivity index (χ0n) is 14.2. The predicted octanol–water partition coefficient (Wildman–Crippen LogP) is 3.54. The van der Waals surface area contributed by atoms with Crippen molar-refractivity contribution in [3.63, 3.8) is 0 Å². The van der Waals surface area contributed by atoms with Crippen molar-refractivity contribution in [2.24, 2.45) is 0 Å². The monoisotopic (exact) mass is 313 g/mol. The largest absolute Gasteiger partial charge is 0.339 e. The van der Waals surface area contributed by atoms with E-state index in [0.717, 1.165) is 55.2 Å². The molecule has 1 aromatic carbocycles. The van der Waals surface area contributed by atoms with Crippen LogP contribution in [-0.2, 0) is 0 Å². The molecule has 1 saturated heterocycles. The minimum atomic E-state index is 0.243. The summed E-state index contributed by atoms with van der Waals surface area (Å²) >= 11 is 0. The maximum atomic E-state index is 12.3. The molecule has 0 amide bonds. The third kappa shape index (κ3) is 3.27. The van der Waals surface area contributed by atoms with E-state index in [2.05, 4.69) is 31.1 Å². The Labute approximate surface area is 138 Å². The minimum Gasteiger partial charge on any atom is -0.339 e. The first kappa shape index (κ1) is 16.1. The zero-order valence-corrected chi connectivity index (χ0v) is 14.2. The quantitative estimate of drug-likeness (QED) is 0.678. The van der Waals surface area contributed by atoms with E-state index in [9.17, 15) is 4.79 Å². The van der Waals surface area contributed by atoms with E-state index in [1.165, 1.54) is 5.56 Å². The van der Waals surface area contributed by atoms with Gasteiger partial charge in [0.25, 0.3) is 0 Å². The molecule has 0 bridgehead atoms. The lowest BCUT2D eigenvalue weighted by Crippen LogP contribution is -2.29. The van der Waals surface area contributed by atoms with Crippen LogP contribution in [0, 0.1) is 0 Å². The molecule has 0 aliphatic carbocycles. The molecule has 1 aliphatic rings. The molecule has 1 aromatic heterocycles. The van der Waals surface area contributed by atoms with Gasteiger partial charge in [0.2, 0.25) is 0 Å². The second-order valence-corrected chi connectivity index (χ2v) is 6.83. The fraction of sp³-hybridized carbons (Fsp3) is 0.526. The summed E-state index contributed by atoms with van der Waals surface area (Å²) in [6.45, 7) is 4.36. The number of carbonyl (C=O) groups excluding carboxylic acids is 1. The van der Waals surface area contributed by atoms with Crippen LogP contribution in [-0.4, -0.2) is 35.5 Å². The number of nitrogens with two attached hydrogens (primary N) is 1. The molecule has 2 N–H and O–H groups in total. The minimum absolute atomic E-state index is 0.243. The molecule has 0 atom stereocenters. The molecule has 1 fully saturated rings. The number of ketones is 1. The third-order valence-corrected chi connectivity index (χ3v) is 5.10. The van der Waals surface area contributed by atoms with Gasteiger partial charge < -0.3 is 10.7 Å². The number of nitrogen functional groups attached to an aromatic ring is 1. The number of carbonyl (C=O) groups is 1. The summed E-state index contributed by atoms with van der Waals surface area (Å²) < 4.78 is 1.71. The highest BCUT2D eigenvalue weighted by Gasteiger charge is 2.22. The number of hydrogen-bond acceptors (Lipinski definition) is 3. The lowest BCUT2D eigenvalue weighted by Gasteiger charge is -2.28. The molecule has 0 saturated carbocycles. The van der Waals surface area contributed by atoms with Crippen LogP contribution >= 0.6 is 0 Å². The number of hydrogen-bond donors (Lipinski definition) is 1. The Hall–Kier alpha value is -1.81. The van der Waals surface area contributed by atoms with Crippen LogP contribution in [0.1, 0.15) is 60.9 Å². The van der Waals surface area contributed by atoms with Crippen molar-refractivity contribution in [1.82, 2.24) is 9.58 Å². The van der Waals surface area contributed by atoms with Crippen molar-refractivity contribution in [3.05, 3.63) is 35.5 Å². The Morgan fingerprint density at radius 2 is 2.04 bits per heavy atom. The summed E-state index contributed by atoms with van der Waals surface area (Å²) in [5.74, 6) is 6.92. The number of piperidine rings is 1. The lowest BCUT2D eigenvalue weighted by molar-refractivity contribution is 0.0980. The molecular formula is C19H27N3O. The zero-order chi connectivity index (χ0) is 16.4. The van der Waals surface area contributed by atoms with Gasteiger partial charge in [-0.15, -0.1) is 0 Å². The Morgan fingerprint density at radius 3 is 2.74 bits per heavy atom. The van der Waals surface area contributed by atoms with Gasteiger partial charge in [0.15, 0.2) is 5.78 Å². The fourth-order valence-electron chi connectivity index (χ4n) is 3.58. The van der Waals surface area contributed by atoms with Gasteiger partial charge in [-0.05, 0) is 69.1 Å². The maximum Gasteiger partial charge on any atom is 0.162 e. The number of unbranched alkanes of at least 4 members (excludes halogenated alkanes) is 1. The summed E-state index contributed by atoms with van der Waals surface area (Å²) in [4.78, 5) is 14.7. The molecule has 0 unspecified atom stereocenters. The van der Waals surface area contributed by atoms with Crippen molar-refractivity contribution in [3.8, 4) is 0 Å². The Morgan fingerprint density at radius 1 is 1.30 bits per heavy atom. The van der Waals surface area contributed by atoms with Gasteiger partial charge in [-0.3, -0.25) is 9.47 Å². The molecule has 0 radical (unpaired) electrons. The molecule has 0 spiro atoms. The summed E-state index contributed by atoms with van der Waals surface area (Å²) in [5, 5.41) is 1.16. The van der Waals surface area contributed by atoms with Gasteiger partial charge in [0.05, 0.1) is 5.52 Å². The van der Waals surface area contributed by atoms with Gasteiger partial charge in [0.1, 0.15) is 0 Å². The molecule has 4 nitrogen and oxygen atoms in total. The van der Waals surface area contributed by atoms with Crippen LogP contribution in [0.2, 0.25) is 0 Å². The summed E-state index contributed by atoms with van der Waals surface area (Å²) in [7, 11) is 2.17. The van der Waals surface area contributed by atoms with Gasteiger partial charge in [-0.1, -0.05) is 13.3 Å². The number of Topliss-reactive ketones (excluding diaryl/α,β-unsaturated/α-hetero) is 1. The summed E-state index contributed by atoms with van der Waals surface area (Å²) in [5.41, 5.74) is 3.15. The number of nitrogens with zero attached hydrogens (tertiary/aromatic N) is 2. The van der Waals surface area contributed by atoms with E-state index in [0.29, 0.717) is 12.3 Å². The van der Waals surface area contributed by atoms with Gasteiger partial charge in [0, 0.05) is 23.6 Å². The molecule has 2 aromatic rings. The molecule has 124 valence electrons. The van der Waals surface area contributed by atoms with Crippen LogP contribution in [0.4, 0.5) is 0 Å². The highest BCUT2D eigenvalue weighted by atomic mass is 16.1. The van der Waals surface area contributed by atoms with Crippen LogP contribution in [0.25, 0.3) is 10.9 Å². The average molecular weight is 313 g/mol. The van der Waals surface area contributed by atoms with Crippen molar-refractivity contribution in [2.75, 3.05) is 26.0 Å². The molecule has 1 aliphatic heterocycles. The van der Waals surface area contributed by atoms with Crippen molar-refractivity contribution < 1.29 is 4.79 Å². The van der Waals surface area contributed by atoms with E-state index in [1.54, 1.807) is 4.68 Å². The van der Waals surface area contributed by atoms with Gasteiger partial charge in [-0.25, -0.2) is 0 Å². The second kappa shape index (κ2) is 6.75. The van der Waals surface area contributed by atoms with Crippen LogP contribution in [0.3, 0.4) is 0 Å². The van der Waals surface area contributed by atoms with Crippen molar-refractivity contribution >= 4 is 16.7 Å². The van der Waals surface area contributed by atoms with Crippen molar-refractivity contribution in [1.29, 1.82) is 0 Å². The Balaban J connectivity index is 1.93. The smallest absolute Gasteiger partial charge is 0.162 e. The van der Waals surface area contributed by atoms with Gasteiger partial charge in [-0.2, -0.15) is 0 Å². The van der Waals surface area contributed by atoms with Crippen molar-refractivity contribution in [2.45, 2.75) is 44.9 Å². The fourth-order valence-corrected chi connectivity index (χ4v) is 3.58. The predicted molar refractivity (Wildman–Crippen MR) is 95.4 cm³/mol. The number of likely N-dealkylation sites (tertiary alicyclic amines) is 1. The van der Waals surface area contributed by atoms with Crippen LogP contribution in [0.5, 0.6) is 0 Å².